The summed E-state index contributed by atoms with van der Waals surface area (Å²) >= 11 is 0. The van der Waals surface area contributed by atoms with E-state index < -0.39 is 10.0 Å². The largest absolute Gasteiger partial charge is 0.396 e. The Morgan fingerprint density at radius 3 is 2.35 bits per heavy atom. The number of amides is 2. The van der Waals surface area contributed by atoms with Crippen molar-refractivity contribution in [3.05, 3.63) is 0 Å². The van der Waals surface area contributed by atoms with E-state index in [1.165, 1.54) is 26.9 Å². The number of nitrogens with one attached hydrogen (secondary N) is 2. The monoisotopic (exact) mass is 349 g/mol. The molecule has 1 saturated carbocycles. The van der Waals surface area contributed by atoms with Crippen LogP contribution in [0.3, 0.4) is 0 Å². The number of carbonyl (C=O) groups is 1. The van der Waals surface area contributed by atoms with Crippen molar-refractivity contribution < 1.29 is 18.3 Å². The van der Waals surface area contributed by atoms with Gasteiger partial charge in [-0.1, -0.05) is 25.7 Å². The van der Waals surface area contributed by atoms with Crippen molar-refractivity contribution >= 4 is 16.1 Å². The van der Waals surface area contributed by atoms with Crippen LogP contribution in [0, 0.1) is 5.92 Å². The molecule has 23 heavy (non-hydrogen) atoms. The summed E-state index contributed by atoms with van der Waals surface area (Å²) in [5.41, 5.74) is 0. The molecule has 0 saturated heterocycles. The molecule has 1 aliphatic rings. The number of rotatable bonds is 8. The summed E-state index contributed by atoms with van der Waals surface area (Å²) in [7, 11) is -0.365. The number of carbonyl (C=O) groups excluding carboxylic acids is 1. The summed E-state index contributed by atoms with van der Waals surface area (Å²) in [4.78, 5) is 12.0. The quantitative estimate of drug-likeness (QED) is 0.567. The third-order valence-corrected chi connectivity index (χ3v) is 6.26. The van der Waals surface area contributed by atoms with Gasteiger partial charge in [-0.2, -0.15) is 0 Å². The Morgan fingerprint density at radius 1 is 1.22 bits per heavy atom. The lowest BCUT2D eigenvalue weighted by molar-refractivity contribution is 0.208. The van der Waals surface area contributed by atoms with Gasteiger partial charge in [0.2, 0.25) is 10.0 Å². The van der Waals surface area contributed by atoms with Crippen LogP contribution in [0.5, 0.6) is 0 Å². The van der Waals surface area contributed by atoms with E-state index in [-0.39, 0.29) is 31.0 Å². The van der Waals surface area contributed by atoms with Crippen molar-refractivity contribution in [3.63, 3.8) is 0 Å². The van der Waals surface area contributed by atoms with E-state index in [1.54, 1.807) is 0 Å². The van der Waals surface area contributed by atoms with Crippen LogP contribution in [-0.4, -0.2) is 62.9 Å². The molecule has 0 aromatic rings. The maximum atomic E-state index is 12.0. The lowest BCUT2D eigenvalue weighted by Crippen LogP contribution is -2.47. The topological polar surface area (TPSA) is 98.7 Å². The molecule has 0 heterocycles. The molecular formula is C15H31N3O4S. The third-order valence-electron chi connectivity index (χ3n) is 4.43. The standard InChI is InChI=1S/C15H31N3O4S/c1-18(2)23(21,22)12-10-16-15(20)17-14(9-11-19)13-7-5-3-4-6-8-13/h13-14,19H,3-12H2,1-2H3,(H2,16,17,20). The predicted octanol–water partition coefficient (Wildman–Crippen LogP) is 0.898. The molecular weight excluding hydrogens is 318 g/mol. The van der Waals surface area contributed by atoms with E-state index >= 15 is 0 Å². The van der Waals surface area contributed by atoms with Crippen LogP contribution in [-0.2, 0) is 10.0 Å². The highest BCUT2D eigenvalue weighted by molar-refractivity contribution is 7.89. The van der Waals surface area contributed by atoms with Crippen LogP contribution in [0.1, 0.15) is 44.9 Å². The molecule has 8 heteroatoms. The second kappa shape index (κ2) is 10.1. The highest BCUT2D eigenvalue weighted by Crippen LogP contribution is 2.26. The van der Waals surface area contributed by atoms with Gasteiger partial charge < -0.3 is 15.7 Å². The van der Waals surface area contributed by atoms with Crippen LogP contribution in [0.4, 0.5) is 4.79 Å². The zero-order valence-corrected chi connectivity index (χ0v) is 15.1. The second-order valence-corrected chi connectivity index (χ2v) is 8.67. The molecule has 0 aromatic heterocycles. The van der Waals surface area contributed by atoms with E-state index in [2.05, 4.69) is 10.6 Å². The van der Waals surface area contributed by atoms with Crippen LogP contribution in [0.15, 0.2) is 0 Å². The first-order valence-electron chi connectivity index (χ1n) is 8.42. The lowest BCUT2D eigenvalue weighted by atomic mass is 9.90. The average molecular weight is 349 g/mol. The SMILES string of the molecule is CN(C)S(=O)(=O)CCNC(=O)NC(CCO)C1CCCCCC1. The molecule has 0 aromatic carbocycles. The molecule has 1 aliphatic carbocycles. The first-order chi connectivity index (χ1) is 10.9. The Labute approximate surface area is 139 Å². The Morgan fingerprint density at radius 2 is 1.83 bits per heavy atom. The Kier molecular flexibility index (Phi) is 8.86. The fourth-order valence-corrected chi connectivity index (χ4v) is 3.70. The lowest BCUT2D eigenvalue weighted by Gasteiger charge is -2.27. The van der Waals surface area contributed by atoms with Crippen molar-refractivity contribution in [2.24, 2.45) is 5.92 Å². The van der Waals surface area contributed by atoms with Crippen molar-refractivity contribution in [2.45, 2.75) is 51.0 Å². The summed E-state index contributed by atoms with van der Waals surface area (Å²) in [5.74, 6) is 0.266. The highest BCUT2D eigenvalue weighted by atomic mass is 32.2. The molecule has 0 spiro atoms. The van der Waals surface area contributed by atoms with Gasteiger partial charge in [-0.3, -0.25) is 0 Å². The van der Waals surface area contributed by atoms with Gasteiger partial charge in [0.15, 0.2) is 0 Å². The van der Waals surface area contributed by atoms with Gasteiger partial charge in [0, 0.05) is 33.3 Å². The van der Waals surface area contributed by atoms with Crippen molar-refractivity contribution in [2.75, 3.05) is 33.0 Å². The minimum atomic E-state index is -3.31. The zero-order valence-electron chi connectivity index (χ0n) is 14.3. The molecule has 1 unspecified atom stereocenters. The van der Waals surface area contributed by atoms with E-state index in [9.17, 15) is 18.3 Å². The summed E-state index contributed by atoms with van der Waals surface area (Å²) in [6.45, 7) is 0.110. The number of aliphatic hydroxyl groups excluding tert-OH is 1. The van der Waals surface area contributed by atoms with Crippen molar-refractivity contribution in [3.8, 4) is 0 Å². The summed E-state index contributed by atoms with van der Waals surface area (Å²) < 4.78 is 24.4. The molecule has 2 amide bonds. The second-order valence-electron chi connectivity index (χ2n) is 6.37. The van der Waals surface area contributed by atoms with Crippen molar-refractivity contribution in [1.82, 2.24) is 14.9 Å². The molecule has 0 bridgehead atoms. The van der Waals surface area contributed by atoms with Gasteiger partial charge in [0.1, 0.15) is 0 Å². The molecule has 136 valence electrons. The number of urea groups is 1. The Balaban J connectivity index is 2.44. The number of nitrogens with zero attached hydrogens (tertiary/aromatic N) is 1. The van der Waals surface area contributed by atoms with Gasteiger partial charge in [0.05, 0.1) is 5.75 Å². The Bertz CT molecular complexity index is 446. The fourth-order valence-electron chi connectivity index (χ4n) is 2.97. The molecule has 3 N–H and O–H groups in total. The van der Waals surface area contributed by atoms with E-state index in [1.807, 2.05) is 0 Å². The number of hydrogen-bond acceptors (Lipinski definition) is 4. The van der Waals surface area contributed by atoms with Crippen LogP contribution < -0.4 is 10.6 Å². The molecule has 1 atom stereocenters. The molecule has 1 rings (SSSR count). The van der Waals surface area contributed by atoms with Crippen molar-refractivity contribution in [1.29, 1.82) is 0 Å². The molecule has 0 radical (unpaired) electrons. The minimum absolute atomic E-state index is 0.0382. The summed E-state index contributed by atoms with van der Waals surface area (Å²) in [6, 6.07) is -0.412. The predicted molar refractivity (Wildman–Crippen MR) is 90.7 cm³/mol. The van der Waals surface area contributed by atoms with E-state index in [0.29, 0.717) is 12.3 Å². The number of sulfonamides is 1. The number of aliphatic hydroxyl groups is 1. The van der Waals surface area contributed by atoms with Gasteiger partial charge >= 0.3 is 6.03 Å². The zero-order chi connectivity index (χ0) is 17.3. The highest BCUT2D eigenvalue weighted by Gasteiger charge is 2.24. The fraction of sp³-hybridized carbons (Fsp3) is 0.933. The maximum absolute atomic E-state index is 12.0. The first-order valence-corrected chi connectivity index (χ1v) is 10.0. The van der Waals surface area contributed by atoms with Crippen LogP contribution >= 0.6 is 0 Å². The smallest absolute Gasteiger partial charge is 0.315 e. The molecule has 7 nitrogen and oxygen atoms in total. The van der Waals surface area contributed by atoms with E-state index in [0.717, 1.165) is 30.0 Å². The summed E-state index contributed by atoms with van der Waals surface area (Å²) in [6.07, 6.45) is 7.47. The van der Waals surface area contributed by atoms with Gasteiger partial charge in [-0.25, -0.2) is 17.5 Å². The van der Waals surface area contributed by atoms with Gasteiger partial charge in [-0.15, -0.1) is 0 Å². The van der Waals surface area contributed by atoms with Gasteiger partial charge in [-0.05, 0) is 25.2 Å². The van der Waals surface area contributed by atoms with Gasteiger partial charge in [0.25, 0.3) is 0 Å². The summed E-state index contributed by atoms with van der Waals surface area (Å²) in [5, 5.41) is 14.7. The third kappa shape index (κ3) is 7.50. The Hall–Kier alpha value is -0.860. The number of hydrogen-bond donors (Lipinski definition) is 3. The molecule has 1 fully saturated rings. The average Bonchev–Trinajstić information content (AvgIpc) is 2.75. The first kappa shape index (κ1) is 20.2. The molecule has 0 aliphatic heterocycles. The van der Waals surface area contributed by atoms with E-state index in [4.69, 9.17) is 0 Å². The normalized spacial score (nSPS) is 18.4. The maximum Gasteiger partial charge on any atom is 0.315 e. The van der Waals surface area contributed by atoms with Crippen LogP contribution in [0.25, 0.3) is 0 Å². The van der Waals surface area contributed by atoms with Crippen LogP contribution in [0.2, 0.25) is 0 Å². The minimum Gasteiger partial charge on any atom is -0.396 e.